The molecule has 0 saturated carbocycles. The summed E-state index contributed by atoms with van der Waals surface area (Å²) >= 11 is 3.52. The highest BCUT2D eigenvalue weighted by Crippen LogP contribution is 2.28. The van der Waals surface area contributed by atoms with Crippen LogP contribution in [0.1, 0.15) is 17.5 Å². The van der Waals surface area contributed by atoms with E-state index in [1.807, 2.05) is 7.05 Å². The molecule has 2 rings (SSSR count). The molecule has 1 aromatic carbocycles. The van der Waals surface area contributed by atoms with Gasteiger partial charge in [0.1, 0.15) is 0 Å². The summed E-state index contributed by atoms with van der Waals surface area (Å²) < 4.78 is 1.17. The van der Waals surface area contributed by atoms with Crippen LogP contribution in [0.15, 0.2) is 28.7 Å². The first-order valence-corrected chi connectivity index (χ1v) is 5.73. The zero-order valence-corrected chi connectivity index (χ0v) is 9.89. The molecule has 74 valence electrons. The predicted octanol–water partition coefficient (Wildman–Crippen LogP) is 3.00. The second-order valence-electron chi connectivity index (χ2n) is 3.60. The third-order valence-corrected chi connectivity index (χ3v) is 3.08. The Hall–Kier alpha value is -0.600. The third-order valence-electron chi connectivity index (χ3n) is 2.59. The minimum Gasteiger partial charge on any atom is -0.316 e. The number of likely N-dealkylation sites (N-methyl/N-ethyl adjacent to an activating group) is 1. The van der Waals surface area contributed by atoms with Crippen molar-refractivity contribution in [1.82, 2.24) is 5.32 Å². The lowest BCUT2D eigenvalue weighted by atomic mass is 9.91. The Morgan fingerprint density at radius 2 is 2.29 bits per heavy atom. The summed E-state index contributed by atoms with van der Waals surface area (Å²) in [6.07, 6.45) is 4.69. The summed E-state index contributed by atoms with van der Waals surface area (Å²) in [5.74, 6) is 0. The fourth-order valence-corrected chi connectivity index (χ4v) is 2.30. The largest absolute Gasteiger partial charge is 0.316 e. The summed E-state index contributed by atoms with van der Waals surface area (Å²) in [7, 11) is 1.99. The molecule has 1 N–H and O–H groups in total. The Balaban J connectivity index is 2.40. The minimum atomic E-state index is 0.962. The molecule has 1 aliphatic carbocycles. The van der Waals surface area contributed by atoms with Gasteiger partial charge in [-0.05, 0) is 48.7 Å². The van der Waals surface area contributed by atoms with E-state index in [1.54, 1.807) is 0 Å². The molecule has 2 heteroatoms. The fourth-order valence-electron chi connectivity index (χ4n) is 1.94. The van der Waals surface area contributed by atoms with Gasteiger partial charge in [0, 0.05) is 11.0 Å². The Labute approximate surface area is 93.3 Å². The lowest BCUT2D eigenvalue weighted by molar-refractivity contribution is 0.900. The van der Waals surface area contributed by atoms with Gasteiger partial charge >= 0.3 is 0 Å². The van der Waals surface area contributed by atoms with Crippen molar-refractivity contribution in [3.63, 3.8) is 0 Å². The number of allylic oxidation sites excluding steroid dienone is 1. The molecule has 0 aliphatic heterocycles. The van der Waals surface area contributed by atoms with Gasteiger partial charge in [-0.1, -0.05) is 28.1 Å². The van der Waals surface area contributed by atoms with Gasteiger partial charge in [-0.3, -0.25) is 0 Å². The molecule has 0 atom stereocenters. The summed E-state index contributed by atoms with van der Waals surface area (Å²) in [6.45, 7) is 0.962. The number of fused-ring (bicyclic) bond motifs is 1. The number of halogens is 1. The van der Waals surface area contributed by atoms with Gasteiger partial charge in [-0.2, -0.15) is 0 Å². The van der Waals surface area contributed by atoms with Crippen LogP contribution in [0.3, 0.4) is 0 Å². The number of hydrogen-bond acceptors (Lipinski definition) is 1. The third kappa shape index (κ3) is 1.91. The molecule has 1 nitrogen and oxygen atoms in total. The van der Waals surface area contributed by atoms with Gasteiger partial charge in [0.25, 0.3) is 0 Å². The quantitative estimate of drug-likeness (QED) is 0.853. The number of nitrogens with one attached hydrogen (secondary N) is 1. The lowest BCUT2D eigenvalue weighted by Crippen LogP contribution is -2.13. The Kier molecular flexibility index (Phi) is 3.04. The average molecular weight is 252 g/mol. The number of hydrogen-bond donors (Lipinski definition) is 1. The van der Waals surface area contributed by atoms with Gasteiger partial charge < -0.3 is 5.32 Å². The molecule has 0 bridgehead atoms. The van der Waals surface area contributed by atoms with Gasteiger partial charge in [-0.15, -0.1) is 0 Å². The van der Waals surface area contributed by atoms with E-state index in [4.69, 9.17) is 0 Å². The fraction of sp³-hybridized carbons (Fsp3) is 0.333. The molecule has 0 aromatic heterocycles. The molecule has 0 spiro atoms. The topological polar surface area (TPSA) is 12.0 Å². The molecule has 0 saturated heterocycles. The maximum Gasteiger partial charge on any atom is 0.0205 e. The first-order chi connectivity index (χ1) is 6.81. The first kappa shape index (κ1) is 9.94. The first-order valence-electron chi connectivity index (χ1n) is 4.93. The summed E-state index contributed by atoms with van der Waals surface area (Å²) in [6, 6.07) is 6.57. The highest BCUT2D eigenvalue weighted by Gasteiger charge is 2.11. The maximum atomic E-state index is 3.52. The van der Waals surface area contributed by atoms with Crippen LogP contribution in [0.2, 0.25) is 0 Å². The molecule has 1 aromatic rings. The number of aryl methyl sites for hydroxylation is 1. The van der Waals surface area contributed by atoms with Crippen LogP contribution in [-0.4, -0.2) is 13.6 Å². The van der Waals surface area contributed by atoms with Crippen molar-refractivity contribution in [2.24, 2.45) is 0 Å². The standard InChI is InChI=1S/C12H14BrN/c1-14-8-10-4-2-3-9-5-6-11(13)7-12(9)10/h4-7,14H,2-3,8H2,1H3. The summed E-state index contributed by atoms with van der Waals surface area (Å²) in [5, 5.41) is 3.21. The van der Waals surface area contributed by atoms with Crippen molar-refractivity contribution in [2.45, 2.75) is 12.8 Å². The molecule has 0 heterocycles. The Bertz CT molecular complexity index is 369. The van der Waals surface area contributed by atoms with Crippen LogP contribution in [-0.2, 0) is 6.42 Å². The minimum absolute atomic E-state index is 0.962. The molecule has 0 radical (unpaired) electrons. The highest BCUT2D eigenvalue weighted by molar-refractivity contribution is 9.10. The van der Waals surface area contributed by atoms with Gasteiger partial charge in [0.05, 0.1) is 0 Å². The van der Waals surface area contributed by atoms with Gasteiger partial charge in [0.2, 0.25) is 0 Å². The van der Waals surface area contributed by atoms with Crippen LogP contribution in [0.25, 0.3) is 5.57 Å². The molecule has 0 fully saturated rings. The molecule has 1 aliphatic rings. The van der Waals surface area contributed by atoms with Crippen molar-refractivity contribution >= 4 is 21.5 Å². The van der Waals surface area contributed by atoms with Crippen molar-refractivity contribution in [2.75, 3.05) is 13.6 Å². The van der Waals surface area contributed by atoms with E-state index in [-0.39, 0.29) is 0 Å². The van der Waals surface area contributed by atoms with Gasteiger partial charge in [-0.25, -0.2) is 0 Å². The van der Waals surface area contributed by atoms with Crippen molar-refractivity contribution in [3.8, 4) is 0 Å². The van der Waals surface area contributed by atoms with E-state index in [9.17, 15) is 0 Å². The molecular weight excluding hydrogens is 238 g/mol. The predicted molar refractivity (Wildman–Crippen MR) is 64.4 cm³/mol. The SMILES string of the molecule is CNCC1=CCCc2ccc(Br)cc21. The normalized spacial score (nSPS) is 14.9. The zero-order chi connectivity index (χ0) is 9.97. The van der Waals surface area contributed by atoms with Crippen molar-refractivity contribution < 1.29 is 0 Å². The highest BCUT2D eigenvalue weighted by atomic mass is 79.9. The smallest absolute Gasteiger partial charge is 0.0205 e. The van der Waals surface area contributed by atoms with E-state index in [0.29, 0.717) is 0 Å². The van der Waals surface area contributed by atoms with Crippen molar-refractivity contribution in [3.05, 3.63) is 39.9 Å². The van der Waals surface area contributed by atoms with Crippen LogP contribution in [0, 0.1) is 0 Å². The second-order valence-corrected chi connectivity index (χ2v) is 4.52. The summed E-state index contributed by atoms with van der Waals surface area (Å²) in [5.41, 5.74) is 4.30. The van der Waals surface area contributed by atoms with Crippen LogP contribution >= 0.6 is 15.9 Å². The van der Waals surface area contributed by atoms with E-state index < -0.39 is 0 Å². The van der Waals surface area contributed by atoms with E-state index >= 15 is 0 Å². The lowest BCUT2D eigenvalue weighted by Gasteiger charge is -2.17. The van der Waals surface area contributed by atoms with E-state index in [0.717, 1.165) is 6.54 Å². The zero-order valence-electron chi connectivity index (χ0n) is 8.31. The average Bonchev–Trinajstić information content (AvgIpc) is 2.19. The molecule has 0 unspecified atom stereocenters. The van der Waals surface area contributed by atoms with Crippen LogP contribution in [0.4, 0.5) is 0 Å². The van der Waals surface area contributed by atoms with Crippen LogP contribution < -0.4 is 5.32 Å². The number of rotatable bonds is 2. The Morgan fingerprint density at radius 1 is 1.43 bits per heavy atom. The summed E-state index contributed by atoms with van der Waals surface area (Å²) in [4.78, 5) is 0. The van der Waals surface area contributed by atoms with E-state index in [1.165, 1.54) is 34.0 Å². The van der Waals surface area contributed by atoms with Crippen LogP contribution in [0.5, 0.6) is 0 Å². The van der Waals surface area contributed by atoms with E-state index in [2.05, 4.69) is 45.5 Å². The van der Waals surface area contributed by atoms with Gasteiger partial charge in [0.15, 0.2) is 0 Å². The monoisotopic (exact) mass is 251 g/mol. The maximum absolute atomic E-state index is 3.52. The van der Waals surface area contributed by atoms with Crippen molar-refractivity contribution in [1.29, 1.82) is 0 Å². The Morgan fingerprint density at radius 3 is 3.07 bits per heavy atom. The molecular formula is C12H14BrN. The second kappa shape index (κ2) is 4.28. The molecule has 0 amide bonds. The number of benzene rings is 1. The molecule has 14 heavy (non-hydrogen) atoms.